The minimum absolute atomic E-state index is 0.0120. The van der Waals surface area contributed by atoms with Crippen LogP contribution in [0, 0.1) is 29.1 Å². The molecule has 2 aliphatic heterocycles. The van der Waals surface area contributed by atoms with Gasteiger partial charge in [-0.2, -0.15) is 5.06 Å². The van der Waals surface area contributed by atoms with E-state index >= 15 is 0 Å². The van der Waals surface area contributed by atoms with Crippen molar-refractivity contribution in [1.82, 2.24) is 20.2 Å². The lowest BCUT2D eigenvalue weighted by molar-refractivity contribution is -0.183. The number of anilines is 1. The van der Waals surface area contributed by atoms with Crippen molar-refractivity contribution in [3.63, 3.8) is 0 Å². The number of ether oxygens (including phenoxy) is 1. The van der Waals surface area contributed by atoms with Crippen molar-refractivity contribution in [2.75, 3.05) is 52.3 Å². The molecule has 336 valence electrons. The van der Waals surface area contributed by atoms with Gasteiger partial charge in [0.25, 0.3) is 5.91 Å². The van der Waals surface area contributed by atoms with E-state index in [4.69, 9.17) is 9.57 Å². The zero-order chi connectivity index (χ0) is 44.6. The lowest BCUT2D eigenvalue weighted by Crippen LogP contribution is -2.62. The molecule has 9 atom stereocenters. The number of aliphatic hydroxyl groups excluding tert-OH is 2. The number of methoxy groups -OCH3 is 1. The maximum Gasteiger partial charge on any atom is 0.254 e. The molecule has 9 rings (SSSR count). The Kier molecular flexibility index (Phi) is 13.3. The predicted molar refractivity (Wildman–Crippen MR) is 247 cm³/mol. The average Bonchev–Trinajstić information content (AvgIpc) is 3.66. The van der Waals surface area contributed by atoms with Crippen LogP contribution < -0.4 is 15.0 Å². The molecule has 11 heteroatoms. The number of nitrogens with one attached hydrogen (secondary N) is 1. The average molecular weight is 858 g/mol. The molecule has 5 fully saturated rings. The number of nitrogens with zero attached hydrogens (tertiary/aromatic N) is 4. The fraction of sp³-hybridized carbons (Fsp3) is 0.500. The standard InChI is InChI=1S/C52H67N5O6/c1-33-44-27-40(52(44,3)4)28-45(33)53-50(60)48-47(34(2)59)46(32-58)63-57(48)30-37-19-14-20-43(49(37)62-7)38-24-39(26-41(25-38)54(5)6)51(61)56-22-21-55(29-36-17-12-9-13-18-36)31-42(56)23-35-15-10-8-11-16-35/h8-20,24-26,33-34,40,42,44-48,58-59H,21-23,27-32H2,1-7H3,(H,53,60)/t33-,34?,40-,42-,44+,45-,46-,47?,48-/m0/s1. The maximum absolute atomic E-state index is 14.9. The van der Waals surface area contributed by atoms with E-state index < -0.39 is 24.2 Å². The first-order valence-corrected chi connectivity index (χ1v) is 22.9. The molecule has 5 aliphatic rings. The molecule has 2 unspecified atom stereocenters. The number of carbonyl (C=O) groups is 2. The van der Waals surface area contributed by atoms with Gasteiger partial charge in [-0.1, -0.05) is 99.6 Å². The SMILES string of the molecule is COc1c(CN2O[C@@H](CO)C(C(C)O)[C@H]2C(=O)N[C@H]2C[C@@H]3C[C@H]([C@@H]2C)C3(C)C)cccc1-c1cc(C(=O)N2CCN(Cc3ccccc3)C[C@@H]2Cc2ccccc2)cc(N(C)C)c1. The predicted octanol–water partition coefficient (Wildman–Crippen LogP) is 6.66. The van der Waals surface area contributed by atoms with Crippen molar-refractivity contribution >= 4 is 17.5 Å². The highest BCUT2D eigenvalue weighted by Crippen LogP contribution is 2.61. The molecule has 63 heavy (non-hydrogen) atoms. The van der Waals surface area contributed by atoms with E-state index in [1.165, 1.54) is 17.5 Å². The van der Waals surface area contributed by atoms with Crippen molar-refractivity contribution in [3.8, 4) is 16.9 Å². The van der Waals surface area contributed by atoms with Crippen LogP contribution in [0.4, 0.5) is 5.69 Å². The first kappa shape index (κ1) is 44.8. The summed E-state index contributed by atoms with van der Waals surface area (Å²) in [4.78, 5) is 42.2. The summed E-state index contributed by atoms with van der Waals surface area (Å²) in [5, 5.41) is 26.5. The third kappa shape index (κ3) is 9.13. The number of amides is 2. The van der Waals surface area contributed by atoms with Crippen LogP contribution in [-0.2, 0) is 29.1 Å². The zero-order valence-corrected chi connectivity index (χ0v) is 38.1. The number of rotatable bonds is 14. The normalized spacial score (nSPS) is 27.3. The number of hydroxylamine groups is 2. The van der Waals surface area contributed by atoms with Crippen LogP contribution in [-0.4, -0.2) is 115 Å². The van der Waals surface area contributed by atoms with Crippen LogP contribution in [0.5, 0.6) is 5.75 Å². The van der Waals surface area contributed by atoms with Gasteiger partial charge in [-0.05, 0) is 84.2 Å². The summed E-state index contributed by atoms with van der Waals surface area (Å²) in [7, 11) is 5.59. The molecule has 4 aromatic carbocycles. The summed E-state index contributed by atoms with van der Waals surface area (Å²) < 4.78 is 6.20. The Morgan fingerprint density at radius 1 is 0.937 bits per heavy atom. The summed E-state index contributed by atoms with van der Waals surface area (Å²) in [5.74, 6) is 1.18. The van der Waals surface area contributed by atoms with Crippen LogP contribution in [0.25, 0.3) is 11.1 Å². The molecular weight excluding hydrogens is 791 g/mol. The van der Waals surface area contributed by atoms with Crippen LogP contribution in [0.1, 0.15) is 67.6 Å². The van der Waals surface area contributed by atoms with Crippen molar-refractivity contribution < 1.29 is 29.4 Å². The van der Waals surface area contributed by atoms with E-state index in [-0.39, 0.29) is 42.5 Å². The number of aliphatic hydroxyl groups is 2. The summed E-state index contributed by atoms with van der Waals surface area (Å²) in [5.41, 5.74) is 6.60. The van der Waals surface area contributed by atoms with Crippen molar-refractivity contribution in [1.29, 1.82) is 0 Å². The van der Waals surface area contributed by atoms with Crippen molar-refractivity contribution in [2.24, 2.45) is 29.1 Å². The third-order valence-corrected chi connectivity index (χ3v) is 15.1. The van der Waals surface area contributed by atoms with Gasteiger partial charge in [0.1, 0.15) is 17.9 Å². The fourth-order valence-corrected chi connectivity index (χ4v) is 11.4. The van der Waals surface area contributed by atoms with Gasteiger partial charge in [-0.15, -0.1) is 0 Å². The maximum atomic E-state index is 14.9. The van der Waals surface area contributed by atoms with Gasteiger partial charge in [0, 0.05) is 80.7 Å². The summed E-state index contributed by atoms with van der Waals surface area (Å²) in [6.45, 7) is 11.4. The van der Waals surface area contributed by atoms with Crippen LogP contribution in [0.15, 0.2) is 97.1 Å². The topological polar surface area (TPSA) is 118 Å². The third-order valence-electron chi connectivity index (χ3n) is 15.1. The van der Waals surface area contributed by atoms with E-state index in [0.29, 0.717) is 35.6 Å². The number of fused-ring (bicyclic) bond motifs is 2. The van der Waals surface area contributed by atoms with Crippen LogP contribution >= 0.6 is 0 Å². The molecule has 0 spiro atoms. The Bertz CT molecular complexity index is 2220. The monoisotopic (exact) mass is 858 g/mol. The summed E-state index contributed by atoms with van der Waals surface area (Å²) in [6, 6.07) is 32.0. The van der Waals surface area contributed by atoms with Gasteiger partial charge in [-0.3, -0.25) is 19.3 Å². The number of para-hydroxylation sites is 1. The molecule has 2 bridgehead atoms. The van der Waals surface area contributed by atoms with Gasteiger partial charge in [0.2, 0.25) is 5.91 Å². The molecule has 3 saturated carbocycles. The number of hydrogen-bond acceptors (Lipinski definition) is 9. The van der Waals surface area contributed by atoms with E-state index in [1.807, 2.05) is 61.5 Å². The summed E-state index contributed by atoms with van der Waals surface area (Å²) >= 11 is 0. The highest BCUT2D eigenvalue weighted by Gasteiger charge is 2.57. The van der Waals surface area contributed by atoms with E-state index in [1.54, 1.807) is 19.1 Å². The van der Waals surface area contributed by atoms with E-state index in [2.05, 4.69) is 90.5 Å². The molecule has 11 nitrogen and oxygen atoms in total. The highest BCUT2D eigenvalue weighted by atomic mass is 16.7. The smallest absolute Gasteiger partial charge is 0.254 e. The van der Waals surface area contributed by atoms with Gasteiger partial charge >= 0.3 is 0 Å². The van der Waals surface area contributed by atoms with E-state index in [9.17, 15) is 19.8 Å². The molecular formula is C52H67N5O6. The molecule has 4 aromatic rings. The number of hydrogen-bond donors (Lipinski definition) is 3. The minimum atomic E-state index is -0.906. The van der Waals surface area contributed by atoms with Gasteiger partial charge < -0.3 is 30.1 Å². The van der Waals surface area contributed by atoms with Crippen molar-refractivity contribution in [3.05, 3.63) is 119 Å². The quantitative estimate of drug-likeness (QED) is 0.128. The second kappa shape index (κ2) is 18.7. The largest absolute Gasteiger partial charge is 0.496 e. The number of benzene rings is 4. The van der Waals surface area contributed by atoms with Crippen LogP contribution in [0.3, 0.4) is 0 Å². The Labute approximate surface area is 373 Å². The van der Waals surface area contributed by atoms with Gasteiger partial charge in [0.15, 0.2) is 0 Å². The Balaban J connectivity index is 1.07. The number of carbonyl (C=O) groups excluding carboxylic acids is 2. The molecule has 2 amide bonds. The first-order valence-electron chi connectivity index (χ1n) is 22.9. The Morgan fingerprint density at radius 2 is 1.65 bits per heavy atom. The van der Waals surface area contributed by atoms with Crippen LogP contribution in [0.2, 0.25) is 0 Å². The molecule has 2 heterocycles. The highest BCUT2D eigenvalue weighted by molar-refractivity contribution is 5.97. The van der Waals surface area contributed by atoms with Gasteiger partial charge in [0.05, 0.1) is 26.4 Å². The lowest BCUT2D eigenvalue weighted by Gasteiger charge is -2.62. The first-order chi connectivity index (χ1) is 30.3. The molecule has 2 saturated heterocycles. The molecule has 3 aliphatic carbocycles. The lowest BCUT2D eigenvalue weighted by atomic mass is 9.45. The molecule has 3 N–H and O–H groups in total. The molecule has 0 aromatic heterocycles. The second-order valence-electron chi connectivity index (χ2n) is 19.5. The van der Waals surface area contributed by atoms with E-state index in [0.717, 1.165) is 54.9 Å². The zero-order valence-electron chi connectivity index (χ0n) is 38.1. The second-order valence-corrected chi connectivity index (χ2v) is 19.5. The van der Waals surface area contributed by atoms with Gasteiger partial charge in [-0.25, -0.2) is 0 Å². The number of piperazine rings is 1. The minimum Gasteiger partial charge on any atom is -0.496 e. The Hall–Kier alpha value is -4.78. The Morgan fingerprint density at radius 3 is 2.29 bits per heavy atom. The van der Waals surface area contributed by atoms with Crippen molar-refractivity contribution in [2.45, 2.75) is 90.4 Å². The molecule has 0 radical (unpaired) electrons. The summed E-state index contributed by atoms with van der Waals surface area (Å²) in [6.07, 6.45) is 1.21. The fourth-order valence-electron chi connectivity index (χ4n) is 11.4.